The molecule has 0 spiro atoms. The molecular weight excluding hydrogens is 220 g/mol. The lowest BCUT2D eigenvalue weighted by molar-refractivity contribution is -0.121. The Kier molecular flexibility index (Phi) is 4.43. The van der Waals surface area contributed by atoms with E-state index < -0.39 is 0 Å². The summed E-state index contributed by atoms with van der Waals surface area (Å²) >= 11 is 4.20. The highest BCUT2D eigenvalue weighted by Gasteiger charge is 2.08. The van der Waals surface area contributed by atoms with E-state index >= 15 is 0 Å². The van der Waals surface area contributed by atoms with Gasteiger partial charge < -0.3 is 11.1 Å². The summed E-state index contributed by atoms with van der Waals surface area (Å²) < 4.78 is 0. The number of rotatable bonds is 5. The van der Waals surface area contributed by atoms with E-state index in [1.165, 1.54) is 0 Å². The number of nitrogens with two attached hydrogens (primary N) is 1. The summed E-state index contributed by atoms with van der Waals surface area (Å²) in [4.78, 5) is 11.7. The SMILES string of the molecule is C=C(NCC(C)C(N)=O)c1ccc(S)cc1. The molecule has 0 aliphatic heterocycles. The molecule has 0 fully saturated rings. The van der Waals surface area contributed by atoms with Crippen molar-refractivity contribution in [1.82, 2.24) is 5.32 Å². The molecule has 0 saturated heterocycles. The van der Waals surface area contributed by atoms with Crippen LogP contribution in [0.15, 0.2) is 35.7 Å². The quantitative estimate of drug-likeness (QED) is 0.681. The maximum absolute atomic E-state index is 10.8. The first kappa shape index (κ1) is 12.6. The lowest BCUT2D eigenvalue weighted by Gasteiger charge is -2.12. The minimum absolute atomic E-state index is 0.207. The molecule has 0 heterocycles. The third-order valence-electron chi connectivity index (χ3n) is 2.32. The first-order valence-corrected chi connectivity index (χ1v) is 5.47. The number of amides is 1. The molecular formula is C12H16N2OS. The molecule has 1 aromatic rings. The number of hydrogen-bond donors (Lipinski definition) is 3. The molecule has 1 unspecified atom stereocenters. The Morgan fingerprint density at radius 2 is 2.06 bits per heavy atom. The average molecular weight is 236 g/mol. The van der Waals surface area contributed by atoms with Gasteiger partial charge in [0.25, 0.3) is 0 Å². The van der Waals surface area contributed by atoms with Crippen LogP contribution in [0.4, 0.5) is 0 Å². The standard InChI is InChI=1S/C12H16N2OS/c1-8(12(13)15)7-14-9(2)10-3-5-11(16)6-4-10/h3-6,8,14,16H,2,7H2,1H3,(H2,13,15). The molecule has 1 amide bonds. The van der Waals surface area contributed by atoms with E-state index in [-0.39, 0.29) is 11.8 Å². The van der Waals surface area contributed by atoms with Crippen molar-refractivity contribution in [3.05, 3.63) is 36.4 Å². The number of carbonyl (C=O) groups is 1. The molecule has 4 heteroatoms. The molecule has 0 aliphatic rings. The van der Waals surface area contributed by atoms with E-state index in [1.807, 2.05) is 24.3 Å². The molecule has 1 atom stereocenters. The van der Waals surface area contributed by atoms with Gasteiger partial charge in [-0.1, -0.05) is 25.6 Å². The zero-order valence-corrected chi connectivity index (χ0v) is 10.1. The van der Waals surface area contributed by atoms with Crippen LogP contribution in [0, 0.1) is 5.92 Å². The molecule has 0 bridgehead atoms. The summed E-state index contributed by atoms with van der Waals surface area (Å²) in [6, 6.07) is 7.63. The van der Waals surface area contributed by atoms with Crippen molar-refractivity contribution < 1.29 is 4.79 Å². The van der Waals surface area contributed by atoms with Crippen LogP contribution >= 0.6 is 12.6 Å². The predicted octanol–water partition coefficient (Wildman–Crippen LogP) is 1.66. The number of hydrogen-bond acceptors (Lipinski definition) is 3. The monoisotopic (exact) mass is 236 g/mol. The summed E-state index contributed by atoms with van der Waals surface area (Å²) in [7, 11) is 0. The minimum atomic E-state index is -0.314. The van der Waals surface area contributed by atoms with Crippen molar-refractivity contribution >= 4 is 24.2 Å². The third-order valence-corrected chi connectivity index (χ3v) is 2.62. The second kappa shape index (κ2) is 5.61. The molecule has 0 aromatic heterocycles. The third kappa shape index (κ3) is 3.62. The Hall–Kier alpha value is -1.42. The fourth-order valence-electron chi connectivity index (χ4n) is 1.14. The van der Waals surface area contributed by atoms with Crippen LogP contribution in [0.2, 0.25) is 0 Å². The highest BCUT2D eigenvalue weighted by atomic mass is 32.1. The summed E-state index contributed by atoms with van der Waals surface area (Å²) in [5.74, 6) is -0.521. The minimum Gasteiger partial charge on any atom is -0.384 e. The molecule has 1 aromatic carbocycles. The van der Waals surface area contributed by atoms with Crippen molar-refractivity contribution in [2.45, 2.75) is 11.8 Å². The fourth-order valence-corrected chi connectivity index (χ4v) is 1.29. The smallest absolute Gasteiger partial charge is 0.222 e. The molecule has 3 nitrogen and oxygen atoms in total. The number of carbonyl (C=O) groups excluding carboxylic acids is 1. The Morgan fingerprint density at radius 1 is 1.50 bits per heavy atom. The van der Waals surface area contributed by atoms with Crippen LogP contribution in [0.5, 0.6) is 0 Å². The number of primary amides is 1. The summed E-state index contributed by atoms with van der Waals surface area (Å²) in [6.07, 6.45) is 0. The first-order valence-electron chi connectivity index (χ1n) is 5.02. The normalized spacial score (nSPS) is 11.9. The molecule has 3 N–H and O–H groups in total. The maximum Gasteiger partial charge on any atom is 0.222 e. The molecule has 0 radical (unpaired) electrons. The van der Waals surface area contributed by atoms with Crippen molar-refractivity contribution in [1.29, 1.82) is 0 Å². The van der Waals surface area contributed by atoms with Crippen molar-refractivity contribution in [2.75, 3.05) is 6.54 Å². The second-order valence-electron chi connectivity index (χ2n) is 3.71. The maximum atomic E-state index is 10.8. The van der Waals surface area contributed by atoms with Gasteiger partial charge in [0.05, 0.1) is 5.92 Å². The van der Waals surface area contributed by atoms with Crippen molar-refractivity contribution in [3.63, 3.8) is 0 Å². The van der Waals surface area contributed by atoms with E-state index in [0.717, 1.165) is 16.2 Å². The van der Waals surface area contributed by atoms with E-state index in [9.17, 15) is 4.79 Å². The van der Waals surface area contributed by atoms with Gasteiger partial charge in [0, 0.05) is 17.1 Å². The van der Waals surface area contributed by atoms with Gasteiger partial charge in [-0.3, -0.25) is 4.79 Å². The lowest BCUT2D eigenvalue weighted by atomic mass is 10.1. The molecule has 0 aliphatic carbocycles. The van der Waals surface area contributed by atoms with Gasteiger partial charge in [0.2, 0.25) is 5.91 Å². The van der Waals surface area contributed by atoms with Crippen LogP contribution in [0.25, 0.3) is 5.70 Å². The summed E-state index contributed by atoms with van der Waals surface area (Å²) in [5.41, 5.74) is 6.92. The Balaban J connectivity index is 2.53. The Bertz CT molecular complexity index is 387. The van der Waals surface area contributed by atoms with Gasteiger partial charge >= 0.3 is 0 Å². The molecule has 16 heavy (non-hydrogen) atoms. The topological polar surface area (TPSA) is 55.1 Å². The zero-order chi connectivity index (χ0) is 12.1. The van der Waals surface area contributed by atoms with Gasteiger partial charge in [0.15, 0.2) is 0 Å². The molecule has 1 rings (SSSR count). The van der Waals surface area contributed by atoms with Crippen molar-refractivity contribution in [3.8, 4) is 0 Å². The zero-order valence-electron chi connectivity index (χ0n) is 9.23. The summed E-state index contributed by atoms with van der Waals surface area (Å²) in [6.45, 7) is 6.17. The largest absolute Gasteiger partial charge is 0.384 e. The van der Waals surface area contributed by atoms with Crippen LogP contribution in [0.1, 0.15) is 12.5 Å². The van der Waals surface area contributed by atoms with E-state index in [4.69, 9.17) is 5.73 Å². The fraction of sp³-hybridized carbons (Fsp3) is 0.250. The summed E-state index contributed by atoms with van der Waals surface area (Å²) in [5, 5.41) is 3.08. The van der Waals surface area contributed by atoms with Crippen LogP contribution in [0.3, 0.4) is 0 Å². The predicted molar refractivity (Wildman–Crippen MR) is 69.1 cm³/mol. The van der Waals surface area contributed by atoms with Gasteiger partial charge in [-0.05, 0) is 17.7 Å². The highest BCUT2D eigenvalue weighted by molar-refractivity contribution is 7.80. The van der Waals surface area contributed by atoms with Crippen molar-refractivity contribution in [2.24, 2.45) is 11.7 Å². The second-order valence-corrected chi connectivity index (χ2v) is 4.23. The van der Waals surface area contributed by atoms with Crippen LogP contribution < -0.4 is 11.1 Å². The van der Waals surface area contributed by atoms with Crippen LogP contribution in [-0.2, 0) is 4.79 Å². The molecule has 86 valence electrons. The van der Waals surface area contributed by atoms with E-state index in [2.05, 4.69) is 24.5 Å². The van der Waals surface area contributed by atoms with Crippen LogP contribution in [-0.4, -0.2) is 12.5 Å². The lowest BCUT2D eigenvalue weighted by Crippen LogP contribution is -2.30. The Labute approximate surface area is 101 Å². The van der Waals surface area contributed by atoms with Gasteiger partial charge in [-0.2, -0.15) is 0 Å². The van der Waals surface area contributed by atoms with Gasteiger partial charge in [-0.25, -0.2) is 0 Å². The molecule has 0 saturated carbocycles. The number of thiol groups is 1. The number of benzene rings is 1. The van der Waals surface area contributed by atoms with E-state index in [1.54, 1.807) is 6.92 Å². The van der Waals surface area contributed by atoms with Gasteiger partial charge in [0.1, 0.15) is 0 Å². The highest BCUT2D eigenvalue weighted by Crippen LogP contribution is 2.13. The first-order chi connectivity index (χ1) is 7.50. The average Bonchev–Trinajstić information content (AvgIpc) is 2.26. The van der Waals surface area contributed by atoms with E-state index in [0.29, 0.717) is 6.54 Å². The Morgan fingerprint density at radius 3 is 2.56 bits per heavy atom. The number of nitrogens with one attached hydrogen (secondary N) is 1. The van der Waals surface area contributed by atoms with Gasteiger partial charge in [-0.15, -0.1) is 12.6 Å².